The van der Waals surface area contributed by atoms with Gasteiger partial charge in [-0.05, 0) is 30.7 Å². The van der Waals surface area contributed by atoms with Crippen molar-refractivity contribution in [2.75, 3.05) is 12.4 Å². The van der Waals surface area contributed by atoms with Crippen LogP contribution in [0.1, 0.15) is 15.9 Å². The Morgan fingerprint density at radius 1 is 1.24 bits per heavy atom. The third kappa shape index (κ3) is 3.17. The van der Waals surface area contributed by atoms with Crippen molar-refractivity contribution in [3.05, 3.63) is 63.7 Å². The molecule has 0 saturated carbocycles. The summed E-state index contributed by atoms with van der Waals surface area (Å²) in [5.41, 5.74) is 1.06. The zero-order chi connectivity index (χ0) is 15.4. The Morgan fingerprint density at radius 2 is 1.95 bits per heavy atom. The second-order valence-electron chi connectivity index (χ2n) is 4.41. The van der Waals surface area contributed by atoms with Crippen molar-refractivity contribution in [1.82, 2.24) is 0 Å². The summed E-state index contributed by atoms with van der Waals surface area (Å²) in [4.78, 5) is 22.7. The van der Waals surface area contributed by atoms with E-state index in [1.54, 1.807) is 43.3 Å². The monoisotopic (exact) mass is 286 g/mol. The van der Waals surface area contributed by atoms with Crippen LogP contribution in [0.15, 0.2) is 42.5 Å². The zero-order valence-electron chi connectivity index (χ0n) is 11.6. The molecule has 1 amide bonds. The van der Waals surface area contributed by atoms with E-state index in [0.717, 1.165) is 0 Å². The van der Waals surface area contributed by atoms with Crippen LogP contribution in [-0.2, 0) is 0 Å². The fourth-order valence-electron chi connectivity index (χ4n) is 1.92. The lowest BCUT2D eigenvalue weighted by molar-refractivity contribution is -0.383. The molecule has 0 aliphatic carbocycles. The van der Waals surface area contributed by atoms with Gasteiger partial charge in [-0.1, -0.05) is 18.2 Å². The van der Waals surface area contributed by atoms with Crippen LogP contribution in [0.3, 0.4) is 0 Å². The first-order valence-electron chi connectivity index (χ1n) is 6.22. The lowest BCUT2D eigenvalue weighted by Gasteiger charge is -2.09. The quantitative estimate of drug-likeness (QED) is 0.691. The van der Waals surface area contributed by atoms with E-state index in [-0.39, 0.29) is 11.4 Å². The minimum absolute atomic E-state index is 0.133. The topological polar surface area (TPSA) is 81.5 Å². The van der Waals surface area contributed by atoms with E-state index >= 15 is 0 Å². The lowest BCUT2D eigenvalue weighted by Crippen LogP contribution is -2.14. The maximum Gasteiger partial charge on any atom is 0.293 e. The van der Waals surface area contributed by atoms with Crippen molar-refractivity contribution in [3.63, 3.8) is 0 Å². The van der Waals surface area contributed by atoms with Gasteiger partial charge in [0.2, 0.25) is 0 Å². The van der Waals surface area contributed by atoms with Crippen LogP contribution in [0.2, 0.25) is 0 Å². The molecule has 0 bridgehead atoms. The van der Waals surface area contributed by atoms with Gasteiger partial charge in [0.15, 0.2) is 0 Å². The van der Waals surface area contributed by atoms with E-state index in [1.807, 2.05) is 0 Å². The van der Waals surface area contributed by atoms with E-state index in [2.05, 4.69) is 5.32 Å². The van der Waals surface area contributed by atoms with Crippen molar-refractivity contribution in [3.8, 4) is 5.75 Å². The molecular weight excluding hydrogens is 272 g/mol. The third-order valence-corrected chi connectivity index (χ3v) is 3.02. The van der Waals surface area contributed by atoms with E-state index in [1.165, 1.54) is 13.2 Å². The molecule has 21 heavy (non-hydrogen) atoms. The molecule has 1 N–H and O–H groups in total. The predicted molar refractivity (Wildman–Crippen MR) is 78.8 cm³/mol. The number of aryl methyl sites for hydroxylation is 1. The minimum atomic E-state index is -0.520. The van der Waals surface area contributed by atoms with Crippen LogP contribution in [0, 0.1) is 17.0 Å². The van der Waals surface area contributed by atoms with Crippen LogP contribution in [0.4, 0.5) is 11.4 Å². The molecule has 2 aromatic carbocycles. The van der Waals surface area contributed by atoms with Crippen molar-refractivity contribution in [2.45, 2.75) is 6.92 Å². The number of nitro benzene ring substituents is 1. The highest BCUT2D eigenvalue weighted by Crippen LogP contribution is 2.28. The average Bonchev–Trinajstić information content (AvgIpc) is 2.49. The maximum atomic E-state index is 12.2. The van der Waals surface area contributed by atoms with Gasteiger partial charge in [0.1, 0.15) is 11.4 Å². The molecule has 0 saturated heterocycles. The van der Waals surface area contributed by atoms with Crippen molar-refractivity contribution < 1.29 is 14.5 Å². The van der Waals surface area contributed by atoms with E-state index in [0.29, 0.717) is 16.9 Å². The summed E-state index contributed by atoms with van der Waals surface area (Å²) < 4.78 is 5.05. The van der Waals surface area contributed by atoms with E-state index in [4.69, 9.17) is 4.74 Å². The number of carbonyl (C=O) groups is 1. The van der Waals surface area contributed by atoms with Gasteiger partial charge in [-0.3, -0.25) is 14.9 Å². The molecule has 0 atom stereocenters. The third-order valence-electron chi connectivity index (χ3n) is 3.02. The average molecular weight is 286 g/mol. The molecule has 6 heteroatoms. The summed E-state index contributed by atoms with van der Waals surface area (Å²) >= 11 is 0. The molecular formula is C15H14N2O4. The van der Waals surface area contributed by atoms with Crippen LogP contribution in [0.25, 0.3) is 0 Å². The number of rotatable bonds is 4. The Balaban J connectivity index is 2.33. The van der Waals surface area contributed by atoms with E-state index in [9.17, 15) is 14.9 Å². The molecule has 2 rings (SSSR count). The number of benzene rings is 2. The smallest absolute Gasteiger partial charge is 0.293 e. The van der Waals surface area contributed by atoms with Gasteiger partial charge in [-0.15, -0.1) is 0 Å². The Hall–Kier alpha value is -2.89. The second kappa shape index (κ2) is 6.04. The van der Waals surface area contributed by atoms with Gasteiger partial charge in [0.05, 0.1) is 12.0 Å². The highest BCUT2D eigenvalue weighted by molar-refractivity contribution is 6.06. The molecule has 108 valence electrons. The highest BCUT2D eigenvalue weighted by atomic mass is 16.6. The maximum absolute atomic E-state index is 12.2. The number of ether oxygens (including phenoxy) is 1. The molecule has 6 nitrogen and oxygen atoms in total. The van der Waals surface area contributed by atoms with Gasteiger partial charge in [0, 0.05) is 11.6 Å². The zero-order valence-corrected chi connectivity index (χ0v) is 11.6. The first-order chi connectivity index (χ1) is 10.0. The molecule has 0 fully saturated rings. The van der Waals surface area contributed by atoms with Crippen molar-refractivity contribution in [2.24, 2.45) is 0 Å². The Bertz CT molecular complexity index is 698. The van der Waals surface area contributed by atoms with E-state index < -0.39 is 10.8 Å². The number of hydrogen-bond donors (Lipinski definition) is 1. The first-order valence-corrected chi connectivity index (χ1v) is 6.22. The van der Waals surface area contributed by atoms with Gasteiger partial charge in [0.25, 0.3) is 11.6 Å². The SMILES string of the molecule is COc1cccc(C(=O)Nc2c(C)cccc2[N+](=O)[O-])c1. The molecule has 0 aliphatic heterocycles. The number of nitrogens with zero attached hydrogens (tertiary/aromatic N) is 1. The van der Waals surface area contributed by atoms with Crippen molar-refractivity contribution >= 4 is 17.3 Å². The lowest BCUT2D eigenvalue weighted by atomic mass is 10.1. The summed E-state index contributed by atoms with van der Waals surface area (Å²) in [6, 6.07) is 11.2. The first kappa shape index (κ1) is 14.5. The molecule has 0 aromatic heterocycles. The fourth-order valence-corrected chi connectivity index (χ4v) is 1.92. The summed E-state index contributed by atoms with van der Waals surface area (Å²) in [5.74, 6) is 0.119. The molecule has 0 aliphatic rings. The molecule has 0 unspecified atom stereocenters. The fraction of sp³-hybridized carbons (Fsp3) is 0.133. The number of amides is 1. The number of nitrogens with one attached hydrogen (secondary N) is 1. The minimum Gasteiger partial charge on any atom is -0.497 e. The Labute approximate surface area is 121 Å². The van der Waals surface area contributed by atoms with Crippen LogP contribution in [0.5, 0.6) is 5.75 Å². The van der Waals surface area contributed by atoms with Gasteiger partial charge in [-0.25, -0.2) is 0 Å². The number of nitro groups is 1. The standard InChI is InChI=1S/C15H14N2O4/c1-10-5-3-8-13(17(19)20)14(10)16-15(18)11-6-4-7-12(9-11)21-2/h3-9H,1-2H3,(H,16,18). The molecule has 0 radical (unpaired) electrons. The van der Waals surface area contributed by atoms with Gasteiger partial charge >= 0.3 is 0 Å². The summed E-state index contributed by atoms with van der Waals surface area (Å²) in [7, 11) is 1.50. The van der Waals surface area contributed by atoms with Crippen LogP contribution in [-0.4, -0.2) is 17.9 Å². The molecule has 2 aromatic rings. The van der Waals surface area contributed by atoms with Gasteiger partial charge < -0.3 is 10.1 Å². The second-order valence-corrected chi connectivity index (χ2v) is 4.41. The number of carbonyl (C=O) groups excluding carboxylic acids is 1. The van der Waals surface area contributed by atoms with Crippen molar-refractivity contribution in [1.29, 1.82) is 0 Å². The summed E-state index contributed by atoms with van der Waals surface area (Å²) in [6.07, 6.45) is 0. The number of para-hydroxylation sites is 1. The Kier molecular flexibility index (Phi) is 4.18. The van der Waals surface area contributed by atoms with Crippen LogP contribution >= 0.6 is 0 Å². The number of anilines is 1. The summed E-state index contributed by atoms with van der Waals surface area (Å²) in [5, 5.41) is 13.6. The normalized spacial score (nSPS) is 10.0. The number of hydrogen-bond acceptors (Lipinski definition) is 4. The molecule has 0 heterocycles. The number of methoxy groups -OCH3 is 1. The predicted octanol–water partition coefficient (Wildman–Crippen LogP) is 3.16. The van der Waals surface area contributed by atoms with Crippen LogP contribution < -0.4 is 10.1 Å². The summed E-state index contributed by atoms with van der Waals surface area (Å²) in [6.45, 7) is 1.70. The highest BCUT2D eigenvalue weighted by Gasteiger charge is 2.18. The largest absolute Gasteiger partial charge is 0.497 e. The van der Waals surface area contributed by atoms with Gasteiger partial charge in [-0.2, -0.15) is 0 Å². The Morgan fingerprint density at radius 3 is 2.62 bits per heavy atom. The molecule has 0 spiro atoms.